The molecule has 0 atom stereocenters. The molecule has 0 heterocycles. The summed E-state index contributed by atoms with van der Waals surface area (Å²) < 4.78 is 37.1. The van der Waals surface area contributed by atoms with E-state index in [1.165, 1.54) is 108 Å². The molecule has 0 amide bonds. The minimum absolute atomic E-state index is 0.0588. The zero-order chi connectivity index (χ0) is 51.2. The molecule has 386 valence electrons. The molecule has 0 saturated heterocycles. The number of unbranched alkanes of at least 4 members (excludes halogenated alkanes) is 2. The van der Waals surface area contributed by atoms with Gasteiger partial charge in [-0.05, 0) is 134 Å². The van der Waals surface area contributed by atoms with Crippen molar-refractivity contribution in [2.45, 2.75) is 156 Å². The first-order valence-electron chi connectivity index (χ1n) is 25.6. The predicted molar refractivity (Wildman–Crippen MR) is 268 cm³/mol. The van der Waals surface area contributed by atoms with Gasteiger partial charge in [-0.2, -0.15) is 0 Å². The number of esters is 6. The van der Waals surface area contributed by atoms with E-state index in [-0.39, 0.29) is 17.8 Å². The zero-order valence-electron chi connectivity index (χ0n) is 43.2. The molecular formula is C57H80O13. The van der Waals surface area contributed by atoms with Crippen molar-refractivity contribution in [3.05, 3.63) is 76.9 Å². The van der Waals surface area contributed by atoms with Gasteiger partial charge in [0.15, 0.2) is 0 Å². The first-order chi connectivity index (χ1) is 33.6. The van der Waals surface area contributed by atoms with Crippen LogP contribution in [0.3, 0.4) is 0 Å². The lowest BCUT2D eigenvalue weighted by Gasteiger charge is -2.32. The highest BCUT2D eigenvalue weighted by molar-refractivity contribution is 6.30. The highest BCUT2D eigenvalue weighted by Crippen LogP contribution is 2.42. The Kier molecular flexibility index (Phi) is 23.7. The summed E-state index contributed by atoms with van der Waals surface area (Å²) in [5.41, 5.74) is 5.19. The van der Waals surface area contributed by atoms with Gasteiger partial charge in [0, 0.05) is 11.1 Å². The van der Waals surface area contributed by atoms with Gasteiger partial charge in [0.2, 0.25) is 0 Å². The molecule has 2 fully saturated rings. The third-order valence-corrected chi connectivity index (χ3v) is 14.2. The summed E-state index contributed by atoms with van der Waals surface area (Å²) in [5.74, 6) is -2.97. The Morgan fingerprint density at radius 1 is 0.543 bits per heavy atom. The molecule has 0 N–H and O–H groups in total. The number of aryl methyl sites for hydroxylation is 3. The Morgan fingerprint density at radius 2 is 1.04 bits per heavy atom. The van der Waals surface area contributed by atoms with Gasteiger partial charge in [-0.25, -0.2) is 28.8 Å². The van der Waals surface area contributed by atoms with Crippen molar-refractivity contribution in [2.24, 2.45) is 23.2 Å². The van der Waals surface area contributed by atoms with Crippen molar-refractivity contribution in [3.63, 3.8) is 0 Å². The van der Waals surface area contributed by atoms with Crippen molar-refractivity contribution < 1.29 is 61.9 Å². The lowest BCUT2D eigenvalue weighted by molar-refractivity contribution is -0.177. The van der Waals surface area contributed by atoms with Gasteiger partial charge in [-0.15, -0.1) is 0 Å². The molecule has 2 aromatic rings. The molecular weight excluding hydrogens is 893 g/mol. The fraction of sp³-hybridized carbons (Fsp3) is 0.614. The standard InChI is InChI=1S/C57H80O13/c1-10-13-14-16-40-18-20-41(21-19-40)22-23-42-24-26-45(27-25-42)46-28-29-48(43(11-2)31-46)49-32-47(17-15-30-66-51(58)38(4)5)50(33-44(49)12-3)67-34-57(35-68-52(59)39(6)7,36-69-55(62)53(60)64-8)37-70-56(63)54(61)65-9/h28-29,31-33,40-42,45H,4,6,10-27,30,34-37H2,1-3,5,7-9H3. The zero-order valence-corrected chi connectivity index (χ0v) is 43.2. The topological polar surface area (TPSA) is 167 Å². The van der Waals surface area contributed by atoms with Crippen LogP contribution in [0.1, 0.15) is 159 Å². The van der Waals surface area contributed by atoms with E-state index >= 15 is 0 Å². The van der Waals surface area contributed by atoms with Gasteiger partial charge in [0.25, 0.3) is 0 Å². The molecule has 0 aliphatic heterocycles. The van der Waals surface area contributed by atoms with Crippen LogP contribution in [0, 0.1) is 23.2 Å². The van der Waals surface area contributed by atoms with E-state index in [4.69, 9.17) is 23.7 Å². The minimum Gasteiger partial charge on any atom is -0.492 e. The Morgan fingerprint density at radius 3 is 1.56 bits per heavy atom. The van der Waals surface area contributed by atoms with E-state index in [0.29, 0.717) is 30.9 Å². The van der Waals surface area contributed by atoms with Crippen LogP contribution in [0.5, 0.6) is 5.75 Å². The number of rotatable bonds is 26. The summed E-state index contributed by atoms with van der Waals surface area (Å²) in [6, 6.07) is 11.0. The fourth-order valence-electron chi connectivity index (χ4n) is 9.81. The number of benzene rings is 2. The van der Waals surface area contributed by atoms with Crippen LogP contribution in [0.15, 0.2) is 54.6 Å². The summed E-state index contributed by atoms with van der Waals surface area (Å²) in [4.78, 5) is 74.3. The number of hydrogen-bond donors (Lipinski definition) is 0. The number of ether oxygens (including phenoxy) is 7. The van der Waals surface area contributed by atoms with E-state index < -0.39 is 67.7 Å². The number of methoxy groups -OCH3 is 2. The monoisotopic (exact) mass is 973 g/mol. The minimum atomic E-state index is -1.67. The molecule has 2 aliphatic carbocycles. The summed E-state index contributed by atoms with van der Waals surface area (Å²) in [7, 11) is 2.01. The SMILES string of the molecule is C=C(C)C(=O)OCCCc1cc(-c2ccc(C3CCC(CCC4CCC(CCCCC)CC4)CC3)cc2CC)c(CC)cc1OCC(COC(=O)C(=C)C)(COC(=O)C(=O)OC)COC(=O)C(=O)OC. The molecule has 0 radical (unpaired) electrons. The number of hydrogen-bond acceptors (Lipinski definition) is 13. The van der Waals surface area contributed by atoms with E-state index in [2.05, 4.69) is 67.7 Å². The highest BCUT2D eigenvalue weighted by Gasteiger charge is 2.39. The maximum Gasteiger partial charge on any atom is 0.417 e. The molecule has 0 aromatic heterocycles. The molecule has 2 aliphatic rings. The molecule has 0 spiro atoms. The molecule has 0 bridgehead atoms. The second-order valence-electron chi connectivity index (χ2n) is 19.7. The van der Waals surface area contributed by atoms with E-state index in [0.717, 1.165) is 60.6 Å². The second kappa shape index (κ2) is 29.0. The largest absolute Gasteiger partial charge is 0.492 e. The first kappa shape index (κ1) is 57.1. The Balaban J connectivity index is 1.61. The lowest BCUT2D eigenvalue weighted by Crippen LogP contribution is -2.45. The number of carbonyl (C=O) groups excluding carboxylic acids is 6. The van der Waals surface area contributed by atoms with Gasteiger partial charge >= 0.3 is 35.8 Å². The smallest absolute Gasteiger partial charge is 0.417 e. The van der Waals surface area contributed by atoms with Crippen LogP contribution in [0.2, 0.25) is 0 Å². The van der Waals surface area contributed by atoms with Gasteiger partial charge in [-0.1, -0.05) is 116 Å². The summed E-state index contributed by atoms with van der Waals surface area (Å²) >= 11 is 0. The van der Waals surface area contributed by atoms with Crippen LogP contribution in [-0.2, 0) is 76.5 Å². The fourth-order valence-corrected chi connectivity index (χ4v) is 9.81. The summed E-state index contributed by atoms with van der Waals surface area (Å²) in [5, 5.41) is 0. The van der Waals surface area contributed by atoms with Crippen molar-refractivity contribution in [1.82, 2.24) is 0 Å². The van der Waals surface area contributed by atoms with Crippen LogP contribution in [-0.4, -0.2) is 83.1 Å². The maximum absolute atomic E-state index is 12.7. The van der Waals surface area contributed by atoms with Gasteiger partial charge in [0.05, 0.1) is 20.8 Å². The molecule has 70 heavy (non-hydrogen) atoms. The normalized spacial score (nSPS) is 17.9. The van der Waals surface area contributed by atoms with Gasteiger partial charge < -0.3 is 33.2 Å². The Hall–Kier alpha value is -5.46. The lowest BCUT2D eigenvalue weighted by atomic mass is 9.73. The van der Waals surface area contributed by atoms with Crippen LogP contribution >= 0.6 is 0 Å². The highest BCUT2D eigenvalue weighted by atomic mass is 16.6. The van der Waals surface area contributed by atoms with Crippen LogP contribution in [0.25, 0.3) is 11.1 Å². The third-order valence-electron chi connectivity index (χ3n) is 14.2. The van der Waals surface area contributed by atoms with E-state index in [9.17, 15) is 28.8 Å². The third kappa shape index (κ3) is 17.4. The van der Waals surface area contributed by atoms with E-state index in [1.807, 2.05) is 6.07 Å². The summed E-state index contributed by atoms with van der Waals surface area (Å²) in [6.45, 7) is 14.7. The van der Waals surface area contributed by atoms with Gasteiger partial charge in [0.1, 0.15) is 37.6 Å². The second-order valence-corrected chi connectivity index (χ2v) is 19.7. The summed E-state index contributed by atoms with van der Waals surface area (Å²) in [6.07, 6.45) is 21.3. The van der Waals surface area contributed by atoms with E-state index in [1.54, 1.807) is 6.92 Å². The van der Waals surface area contributed by atoms with Crippen molar-refractivity contribution in [1.29, 1.82) is 0 Å². The molecule has 2 saturated carbocycles. The first-order valence-corrected chi connectivity index (χ1v) is 25.6. The predicted octanol–water partition coefficient (Wildman–Crippen LogP) is 10.9. The van der Waals surface area contributed by atoms with Crippen molar-refractivity contribution in [2.75, 3.05) is 47.3 Å². The number of carbonyl (C=O) groups is 6. The van der Waals surface area contributed by atoms with Crippen molar-refractivity contribution >= 4 is 35.8 Å². The Labute approximate surface area is 416 Å². The Bertz CT molecular complexity index is 2070. The average molecular weight is 973 g/mol. The molecule has 2 aromatic carbocycles. The van der Waals surface area contributed by atoms with Crippen LogP contribution in [0.4, 0.5) is 0 Å². The average Bonchev–Trinajstić information content (AvgIpc) is 3.38. The molecule has 4 rings (SSSR count). The molecule has 13 nitrogen and oxygen atoms in total. The maximum atomic E-state index is 12.7. The van der Waals surface area contributed by atoms with Crippen LogP contribution < -0.4 is 4.74 Å². The molecule has 0 unspecified atom stereocenters. The van der Waals surface area contributed by atoms with Gasteiger partial charge in [-0.3, -0.25) is 0 Å². The molecule has 13 heteroatoms. The quantitative estimate of drug-likeness (QED) is 0.0287. The van der Waals surface area contributed by atoms with Crippen molar-refractivity contribution in [3.8, 4) is 16.9 Å².